The summed E-state index contributed by atoms with van der Waals surface area (Å²) in [6.07, 6.45) is 2.83. The number of carbonyl (C=O) groups excluding carboxylic acids is 1. The molecule has 164 valence electrons. The first kappa shape index (κ1) is 20.2. The molecule has 1 saturated carbocycles. The maximum atomic E-state index is 14.4. The fraction of sp³-hybridized carbons (Fsp3) is 0.217. The van der Waals surface area contributed by atoms with Gasteiger partial charge in [0, 0.05) is 11.5 Å². The van der Waals surface area contributed by atoms with E-state index >= 15 is 0 Å². The van der Waals surface area contributed by atoms with Crippen LogP contribution in [-0.4, -0.2) is 22.2 Å². The van der Waals surface area contributed by atoms with E-state index < -0.39 is 23.5 Å². The lowest BCUT2D eigenvalue weighted by Gasteiger charge is -2.35. The third-order valence-corrected chi connectivity index (χ3v) is 5.66. The molecule has 0 unspecified atom stereocenters. The summed E-state index contributed by atoms with van der Waals surface area (Å²) >= 11 is 0. The SMILES string of the molecule is O=C(NCc1cnco1)O[C@H]1C[C@H](c2c(-c3ccc(F)cc3)[nH]c3c(F)cc(F)cc32)C1. The number of nitrogens with one attached hydrogen (secondary N) is 2. The summed E-state index contributed by atoms with van der Waals surface area (Å²) in [6.45, 7) is 0.157. The predicted molar refractivity (Wildman–Crippen MR) is 109 cm³/mol. The third-order valence-electron chi connectivity index (χ3n) is 5.66. The Morgan fingerprint density at radius 1 is 1.16 bits per heavy atom. The van der Waals surface area contributed by atoms with Crippen LogP contribution >= 0.6 is 0 Å². The monoisotopic (exact) mass is 441 g/mol. The molecule has 2 aromatic carbocycles. The molecule has 0 aliphatic heterocycles. The lowest BCUT2D eigenvalue weighted by molar-refractivity contribution is 0.0393. The van der Waals surface area contributed by atoms with Crippen LogP contribution in [-0.2, 0) is 11.3 Å². The van der Waals surface area contributed by atoms with E-state index in [-0.39, 0.29) is 24.1 Å². The highest BCUT2D eigenvalue weighted by Crippen LogP contribution is 2.46. The number of carbonyl (C=O) groups is 1. The van der Waals surface area contributed by atoms with Crippen LogP contribution in [0.4, 0.5) is 18.0 Å². The summed E-state index contributed by atoms with van der Waals surface area (Å²) in [5.41, 5.74) is 2.18. The van der Waals surface area contributed by atoms with Crippen molar-refractivity contribution in [3.8, 4) is 11.3 Å². The first-order valence-electron chi connectivity index (χ1n) is 10.1. The van der Waals surface area contributed by atoms with Gasteiger partial charge < -0.3 is 19.5 Å². The first-order valence-corrected chi connectivity index (χ1v) is 10.1. The van der Waals surface area contributed by atoms with Gasteiger partial charge in [0.05, 0.1) is 24.0 Å². The predicted octanol–water partition coefficient (Wildman–Crippen LogP) is 5.41. The lowest BCUT2D eigenvalue weighted by Crippen LogP contribution is -2.36. The van der Waals surface area contributed by atoms with Gasteiger partial charge in [-0.2, -0.15) is 0 Å². The molecule has 1 aliphatic rings. The molecule has 1 aliphatic carbocycles. The van der Waals surface area contributed by atoms with E-state index in [1.54, 1.807) is 12.1 Å². The maximum Gasteiger partial charge on any atom is 0.407 e. The van der Waals surface area contributed by atoms with Crippen LogP contribution in [0.2, 0.25) is 0 Å². The van der Waals surface area contributed by atoms with E-state index in [2.05, 4.69) is 15.3 Å². The topological polar surface area (TPSA) is 80.2 Å². The number of amides is 1. The van der Waals surface area contributed by atoms with Gasteiger partial charge in [-0.25, -0.2) is 22.9 Å². The number of H-pyrrole nitrogens is 1. The molecular weight excluding hydrogens is 423 g/mol. The third kappa shape index (κ3) is 3.81. The summed E-state index contributed by atoms with van der Waals surface area (Å²) in [5, 5.41) is 3.02. The van der Waals surface area contributed by atoms with Crippen molar-refractivity contribution in [2.45, 2.75) is 31.4 Å². The Balaban J connectivity index is 1.36. The summed E-state index contributed by atoms with van der Waals surface area (Å²) in [6, 6.07) is 7.90. The van der Waals surface area contributed by atoms with E-state index in [4.69, 9.17) is 9.15 Å². The summed E-state index contributed by atoms with van der Waals surface area (Å²) in [4.78, 5) is 18.8. The Kier molecular flexibility index (Phi) is 5.08. The smallest absolute Gasteiger partial charge is 0.407 e. The first-order chi connectivity index (χ1) is 15.5. The van der Waals surface area contributed by atoms with Crippen molar-refractivity contribution in [1.82, 2.24) is 15.3 Å². The standard InChI is InChI=1S/C23H18F3N3O3/c24-14-3-1-12(2-4-14)21-20(18-7-15(25)8-19(26)22(18)29-21)13-5-16(6-13)32-23(30)28-10-17-9-27-11-31-17/h1-4,7-9,11,13,16,29H,5-6,10H2,(H,28,30)/t13-,16-. The number of fused-ring (bicyclic) bond motifs is 1. The zero-order chi connectivity index (χ0) is 22.2. The van der Waals surface area contributed by atoms with Gasteiger partial charge in [0.25, 0.3) is 0 Å². The van der Waals surface area contributed by atoms with Crippen molar-refractivity contribution in [3.05, 3.63) is 77.8 Å². The average molecular weight is 441 g/mol. The zero-order valence-electron chi connectivity index (χ0n) is 16.7. The van der Waals surface area contributed by atoms with Gasteiger partial charge in [-0.1, -0.05) is 0 Å². The molecule has 2 N–H and O–H groups in total. The van der Waals surface area contributed by atoms with E-state index in [1.807, 2.05) is 0 Å². The van der Waals surface area contributed by atoms with E-state index in [1.165, 1.54) is 30.8 Å². The number of oxazole rings is 1. The number of benzene rings is 2. The minimum atomic E-state index is -0.700. The Bertz CT molecular complexity index is 1260. The van der Waals surface area contributed by atoms with Crippen molar-refractivity contribution >= 4 is 17.0 Å². The summed E-state index contributed by atoms with van der Waals surface area (Å²) in [5.74, 6) is -1.36. The number of ether oxygens (including phenoxy) is 1. The molecule has 6 nitrogen and oxygen atoms in total. The van der Waals surface area contributed by atoms with Gasteiger partial charge in [0.2, 0.25) is 0 Å². The van der Waals surface area contributed by atoms with Crippen molar-refractivity contribution in [2.24, 2.45) is 0 Å². The van der Waals surface area contributed by atoms with Crippen molar-refractivity contribution in [1.29, 1.82) is 0 Å². The van der Waals surface area contributed by atoms with Crippen molar-refractivity contribution in [3.63, 3.8) is 0 Å². The summed E-state index contributed by atoms with van der Waals surface area (Å²) in [7, 11) is 0. The van der Waals surface area contributed by atoms with E-state index in [0.29, 0.717) is 35.2 Å². The molecule has 32 heavy (non-hydrogen) atoms. The number of alkyl carbamates (subject to hydrolysis) is 1. The van der Waals surface area contributed by atoms with Gasteiger partial charge in [-0.15, -0.1) is 0 Å². The van der Waals surface area contributed by atoms with Crippen molar-refractivity contribution < 1.29 is 27.1 Å². The minimum Gasteiger partial charge on any atom is -0.447 e. The second-order valence-corrected chi connectivity index (χ2v) is 7.75. The van der Waals surface area contributed by atoms with Crippen LogP contribution in [0.3, 0.4) is 0 Å². The molecule has 2 aromatic heterocycles. The molecule has 1 amide bonds. The molecule has 1 fully saturated rings. The second-order valence-electron chi connectivity index (χ2n) is 7.75. The highest BCUT2D eigenvalue weighted by Gasteiger charge is 2.37. The van der Waals surface area contributed by atoms with Gasteiger partial charge >= 0.3 is 6.09 Å². The maximum absolute atomic E-state index is 14.4. The van der Waals surface area contributed by atoms with Gasteiger partial charge in [-0.05, 0) is 60.2 Å². The molecular formula is C23H18F3N3O3. The number of nitrogens with zero attached hydrogens (tertiary/aromatic N) is 1. The molecule has 4 aromatic rings. The average Bonchev–Trinajstić information content (AvgIpc) is 3.38. The molecule has 5 rings (SSSR count). The molecule has 0 spiro atoms. The van der Waals surface area contributed by atoms with Crippen molar-refractivity contribution in [2.75, 3.05) is 0 Å². The summed E-state index contributed by atoms with van der Waals surface area (Å²) < 4.78 is 52.3. The number of hydrogen-bond donors (Lipinski definition) is 2. The van der Waals surface area contributed by atoms with Crippen LogP contribution in [0, 0.1) is 17.5 Å². The fourth-order valence-electron chi connectivity index (χ4n) is 4.09. The lowest BCUT2D eigenvalue weighted by atomic mass is 9.75. The quantitative estimate of drug-likeness (QED) is 0.434. The zero-order valence-corrected chi connectivity index (χ0v) is 16.7. The number of aromatic amines is 1. The molecule has 9 heteroatoms. The fourth-order valence-corrected chi connectivity index (χ4v) is 4.09. The largest absolute Gasteiger partial charge is 0.447 e. The Labute approximate surface area is 180 Å². The van der Waals surface area contributed by atoms with Crippen LogP contribution in [0.15, 0.2) is 53.4 Å². The van der Waals surface area contributed by atoms with Gasteiger partial charge in [0.1, 0.15) is 29.3 Å². The van der Waals surface area contributed by atoms with Crippen LogP contribution in [0.5, 0.6) is 0 Å². The number of hydrogen-bond acceptors (Lipinski definition) is 4. The minimum absolute atomic E-state index is 0.0860. The molecule has 0 saturated heterocycles. The Hall–Kier alpha value is -3.75. The van der Waals surface area contributed by atoms with Crippen LogP contribution in [0.1, 0.15) is 30.1 Å². The van der Waals surface area contributed by atoms with Gasteiger partial charge in [0.15, 0.2) is 6.39 Å². The molecule has 0 bridgehead atoms. The Morgan fingerprint density at radius 3 is 2.66 bits per heavy atom. The van der Waals surface area contributed by atoms with Crippen LogP contribution < -0.4 is 5.32 Å². The molecule has 0 radical (unpaired) electrons. The van der Waals surface area contributed by atoms with E-state index in [9.17, 15) is 18.0 Å². The second kappa shape index (κ2) is 8.07. The highest BCUT2D eigenvalue weighted by atomic mass is 19.1. The highest BCUT2D eigenvalue weighted by molar-refractivity contribution is 5.92. The van der Waals surface area contributed by atoms with Gasteiger partial charge in [-0.3, -0.25) is 0 Å². The molecule has 2 heterocycles. The number of rotatable bonds is 5. The number of aromatic nitrogens is 2. The van der Waals surface area contributed by atoms with E-state index in [0.717, 1.165) is 11.6 Å². The van der Waals surface area contributed by atoms with Crippen LogP contribution in [0.25, 0.3) is 22.2 Å². The normalized spacial score (nSPS) is 17.8. The molecule has 0 atom stereocenters. The number of halogens is 3. The Morgan fingerprint density at radius 2 is 1.94 bits per heavy atom.